The van der Waals surface area contributed by atoms with Crippen LogP contribution >= 0.6 is 23.4 Å². The van der Waals surface area contributed by atoms with E-state index < -0.39 is 0 Å². The number of hydrogen-bond acceptors (Lipinski definition) is 6. The quantitative estimate of drug-likeness (QED) is 0.532. The lowest BCUT2D eigenvalue weighted by Gasteiger charge is -2.13. The van der Waals surface area contributed by atoms with Crippen molar-refractivity contribution < 1.29 is 14.3 Å². The summed E-state index contributed by atoms with van der Waals surface area (Å²) in [5.74, 6) is 0.699. The maximum absolute atomic E-state index is 12.5. The van der Waals surface area contributed by atoms with Gasteiger partial charge in [0.1, 0.15) is 16.5 Å². The minimum absolute atomic E-state index is 0.0882. The van der Waals surface area contributed by atoms with Crippen LogP contribution in [0.5, 0.6) is 11.5 Å². The van der Waals surface area contributed by atoms with Gasteiger partial charge in [-0.3, -0.25) is 9.59 Å². The fraction of sp³-hybridized carbons (Fsp3) is 0.227. The molecule has 1 aromatic heterocycles. The van der Waals surface area contributed by atoms with Gasteiger partial charge in [-0.25, -0.2) is 0 Å². The Morgan fingerprint density at radius 1 is 1.06 bits per heavy atom. The van der Waals surface area contributed by atoms with Crippen molar-refractivity contribution in [1.82, 2.24) is 9.78 Å². The van der Waals surface area contributed by atoms with E-state index in [9.17, 15) is 9.59 Å². The minimum Gasteiger partial charge on any atom is -0.495 e. The monoisotopic (exact) mass is 459 g/mol. The molecular weight excluding hydrogens is 438 g/mol. The number of hydrogen-bond donors (Lipinski definition) is 1. The van der Waals surface area contributed by atoms with E-state index in [1.54, 1.807) is 18.2 Å². The molecule has 1 amide bonds. The molecule has 0 spiro atoms. The van der Waals surface area contributed by atoms with Crippen LogP contribution in [0.3, 0.4) is 0 Å². The highest BCUT2D eigenvalue weighted by atomic mass is 35.5. The molecule has 1 N–H and O–H groups in total. The predicted molar refractivity (Wildman–Crippen MR) is 123 cm³/mol. The molecule has 162 valence electrons. The van der Waals surface area contributed by atoms with Crippen LogP contribution < -0.4 is 20.3 Å². The average Bonchev–Trinajstić information content (AvgIpc) is 2.75. The van der Waals surface area contributed by atoms with Gasteiger partial charge in [0.15, 0.2) is 0 Å². The van der Waals surface area contributed by atoms with Gasteiger partial charge in [-0.05, 0) is 49.2 Å². The maximum atomic E-state index is 12.5. The molecule has 0 aliphatic rings. The third-order valence-electron chi connectivity index (χ3n) is 4.61. The first-order valence-electron chi connectivity index (χ1n) is 9.34. The third kappa shape index (κ3) is 5.39. The summed E-state index contributed by atoms with van der Waals surface area (Å²) in [6, 6.07) is 11.9. The van der Waals surface area contributed by atoms with Crippen molar-refractivity contribution in [2.45, 2.75) is 18.9 Å². The topological polar surface area (TPSA) is 82.5 Å². The highest BCUT2D eigenvalue weighted by Crippen LogP contribution is 2.36. The van der Waals surface area contributed by atoms with E-state index in [2.05, 4.69) is 10.4 Å². The van der Waals surface area contributed by atoms with Gasteiger partial charge in [-0.1, -0.05) is 29.4 Å². The summed E-state index contributed by atoms with van der Waals surface area (Å²) in [5.41, 5.74) is 3.07. The van der Waals surface area contributed by atoms with Crippen LogP contribution in [0.15, 0.2) is 52.3 Å². The fourth-order valence-electron chi connectivity index (χ4n) is 2.80. The van der Waals surface area contributed by atoms with Gasteiger partial charge in [-0.2, -0.15) is 9.78 Å². The highest BCUT2D eigenvalue weighted by Gasteiger charge is 2.13. The first-order chi connectivity index (χ1) is 14.8. The van der Waals surface area contributed by atoms with Crippen LogP contribution in [-0.2, 0) is 4.79 Å². The van der Waals surface area contributed by atoms with Crippen molar-refractivity contribution in [2.24, 2.45) is 0 Å². The molecule has 0 radical (unpaired) electrons. The Hall–Kier alpha value is -2.97. The number of ether oxygens (including phenoxy) is 2. The molecule has 0 saturated carbocycles. The number of carbonyl (C=O) groups is 1. The van der Waals surface area contributed by atoms with Crippen molar-refractivity contribution in [3.05, 3.63) is 69.0 Å². The van der Waals surface area contributed by atoms with Crippen LogP contribution in [0.1, 0.15) is 11.1 Å². The number of benzene rings is 2. The molecule has 0 fully saturated rings. The molecule has 3 rings (SSSR count). The molecule has 0 bridgehead atoms. The Labute approximate surface area is 189 Å². The SMILES string of the molecule is COc1cc(OC)c(NC(=O)CSc2ccc(=O)n(-c3ccc(C)c(C)c3)n2)cc1Cl. The first-order valence-corrected chi connectivity index (χ1v) is 10.7. The Balaban J connectivity index is 1.73. The second-order valence-electron chi connectivity index (χ2n) is 6.71. The molecule has 3 aromatic rings. The fourth-order valence-corrected chi connectivity index (χ4v) is 3.69. The van der Waals surface area contributed by atoms with Crippen molar-refractivity contribution in [2.75, 3.05) is 25.3 Å². The lowest BCUT2D eigenvalue weighted by atomic mass is 10.1. The van der Waals surface area contributed by atoms with E-state index in [1.165, 1.54) is 36.7 Å². The summed E-state index contributed by atoms with van der Waals surface area (Å²) in [7, 11) is 2.99. The zero-order chi connectivity index (χ0) is 22.5. The summed E-state index contributed by atoms with van der Waals surface area (Å²) in [5, 5.41) is 8.07. The number of aryl methyl sites for hydroxylation is 2. The second-order valence-corrected chi connectivity index (χ2v) is 8.12. The van der Waals surface area contributed by atoms with Gasteiger partial charge in [0.05, 0.1) is 36.4 Å². The Bertz CT molecular complexity index is 1180. The molecule has 0 unspecified atom stereocenters. The number of thioether (sulfide) groups is 1. The lowest BCUT2D eigenvalue weighted by Crippen LogP contribution is -2.21. The molecule has 31 heavy (non-hydrogen) atoms. The van der Waals surface area contributed by atoms with Crippen molar-refractivity contribution in [1.29, 1.82) is 0 Å². The summed E-state index contributed by atoms with van der Waals surface area (Å²) >= 11 is 7.36. The van der Waals surface area contributed by atoms with Gasteiger partial charge in [0.2, 0.25) is 5.91 Å². The normalized spacial score (nSPS) is 10.6. The second kappa shape index (κ2) is 9.89. The standard InChI is InChI=1S/C22H22ClN3O4S/c1-13-5-6-15(9-14(13)2)26-22(28)8-7-21(25-26)31-12-20(27)24-17-10-16(23)18(29-3)11-19(17)30-4/h5-11H,12H2,1-4H3,(H,24,27). The van der Waals surface area contributed by atoms with Crippen molar-refractivity contribution in [3.63, 3.8) is 0 Å². The molecule has 0 saturated heterocycles. The zero-order valence-electron chi connectivity index (χ0n) is 17.6. The van der Waals surface area contributed by atoms with E-state index >= 15 is 0 Å². The van der Waals surface area contributed by atoms with Crippen LogP contribution in [0.2, 0.25) is 5.02 Å². The van der Waals surface area contributed by atoms with Crippen molar-refractivity contribution in [3.8, 4) is 17.2 Å². The summed E-state index contributed by atoms with van der Waals surface area (Å²) in [4.78, 5) is 24.7. The number of anilines is 1. The number of rotatable bonds is 7. The van der Waals surface area contributed by atoms with Crippen LogP contribution in [0.25, 0.3) is 5.69 Å². The third-order valence-corrected chi connectivity index (χ3v) is 5.83. The maximum Gasteiger partial charge on any atom is 0.271 e. The van der Waals surface area contributed by atoms with Crippen molar-refractivity contribution >= 4 is 35.0 Å². The van der Waals surface area contributed by atoms with Gasteiger partial charge in [0.25, 0.3) is 5.56 Å². The van der Waals surface area contributed by atoms with Crippen LogP contribution in [0, 0.1) is 13.8 Å². The van der Waals surface area contributed by atoms with Gasteiger partial charge < -0.3 is 14.8 Å². The zero-order valence-corrected chi connectivity index (χ0v) is 19.1. The number of halogens is 1. The van der Waals surface area contributed by atoms with Gasteiger partial charge in [-0.15, -0.1) is 0 Å². The van der Waals surface area contributed by atoms with E-state index in [0.29, 0.717) is 32.9 Å². The molecule has 0 aliphatic carbocycles. The molecule has 2 aromatic carbocycles. The highest BCUT2D eigenvalue weighted by molar-refractivity contribution is 7.99. The smallest absolute Gasteiger partial charge is 0.271 e. The predicted octanol–water partition coefficient (Wildman–Crippen LogP) is 4.25. The largest absolute Gasteiger partial charge is 0.495 e. The number of amides is 1. The molecular formula is C22H22ClN3O4S. The molecule has 1 heterocycles. The number of methoxy groups -OCH3 is 2. The van der Waals surface area contributed by atoms with E-state index in [4.69, 9.17) is 21.1 Å². The van der Waals surface area contributed by atoms with E-state index in [-0.39, 0.29) is 17.2 Å². The first kappa shape index (κ1) is 22.7. The molecule has 0 aliphatic heterocycles. The number of nitrogens with zero attached hydrogens (tertiary/aromatic N) is 2. The van der Waals surface area contributed by atoms with Gasteiger partial charge in [0, 0.05) is 12.1 Å². The summed E-state index contributed by atoms with van der Waals surface area (Å²) in [6.07, 6.45) is 0. The minimum atomic E-state index is -0.268. The Morgan fingerprint density at radius 3 is 2.48 bits per heavy atom. The number of carbonyl (C=O) groups excluding carboxylic acids is 1. The molecule has 7 nitrogen and oxygen atoms in total. The van der Waals surface area contributed by atoms with E-state index in [1.807, 2.05) is 32.0 Å². The summed E-state index contributed by atoms with van der Waals surface area (Å²) < 4.78 is 11.8. The summed E-state index contributed by atoms with van der Waals surface area (Å²) in [6.45, 7) is 3.98. The number of aromatic nitrogens is 2. The molecule has 0 atom stereocenters. The van der Waals surface area contributed by atoms with E-state index in [0.717, 1.165) is 11.1 Å². The van der Waals surface area contributed by atoms with Gasteiger partial charge >= 0.3 is 0 Å². The van der Waals surface area contributed by atoms with Crippen LogP contribution in [-0.4, -0.2) is 35.7 Å². The Kier molecular flexibility index (Phi) is 7.25. The average molecular weight is 460 g/mol. The Morgan fingerprint density at radius 2 is 1.81 bits per heavy atom. The number of nitrogens with one attached hydrogen (secondary N) is 1. The molecule has 9 heteroatoms. The lowest BCUT2D eigenvalue weighted by molar-refractivity contribution is -0.113. The van der Waals surface area contributed by atoms with Crippen LogP contribution in [0.4, 0.5) is 5.69 Å².